The molecule has 1 aromatic carbocycles. The molecule has 1 aromatic rings. The molecule has 0 saturated heterocycles. The number of phenolic OH excluding ortho intramolecular Hbond substituents is 1. The van der Waals surface area contributed by atoms with Crippen LogP contribution in [0.4, 0.5) is 5.69 Å². The van der Waals surface area contributed by atoms with Crippen LogP contribution in [0, 0.1) is 0 Å². The van der Waals surface area contributed by atoms with Gasteiger partial charge in [-0.3, -0.25) is 0 Å². The molecule has 0 aliphatic rings. The van der Waals surface area contributed by atoms with Crippen molar-refractivity contribution in [3.05, 3.63) is 24.3 Å². The average Bonchev–Trinajstić information content (AvgIpc) is 2.29. The van der Waals surface area contributed by atoms with Crippen LogP contribution in [-0.2, 0) is 0 Å². The van der Waals surface area contributed by atoms with Crippen molar-refractivity contribution in [2.24, 2.45) is 0 Å². The Morgan fingerprint density at radius 1 is 1.06 bits per heavy atom. The summed E-state index contributed by atoms with van der Waals surface area (Å²) in [6.45, 7) is 4.45. The van der Waals surface area contributed by atoms with E-state index in [9.17, 15) is 5.11 Å². The van der Waals surface area contributed by atoms with Crippen LogP contribution >= 0.6 is 0 Å². The Morgan fingerprint density at radius 3 is 2.31 bits per heavy atom. The van der Waals surface area contributed by atoms with Gasteiger partial charge in [-0.05, 0) is 37.1 Å². The quantitative estimate of drug-likeness (QED) is 0.677. The Balaban J connectivity index is 2.49. The van der Waals surface area contributed by atoms with Gasteiger partial charge in [0.1, 0.15) is 5.75 Å². The first kappa shape index (κ1) is 12.9. The largest absolute Gasteiger partial charge is 0.508 e. The number of aromatic hydroxyl groups is 1. The lowest BCUT2D eigenvalue weighted by atomic mass is 10.0. The number of hydrogen-bond acceptors (Lipinski definition) is 2. The van der Waals surface area contributed by atoms with E-state index in [0.29, 0.717) is 11.8 Å². The fraction of sp³-hybridized carbons (Fsp3) is 0.571. The Hall–Kier alpha value is -1.18. The summed E-state index contributed by atoms with van der Waals surface area (Å²) in [5, 5.41) is 12.7. The molecule has 16 heavy (non-hydrogen) atoms. The van der Waals surface area contributed by atoms with Gasteiger partial charge in [0.05, 0.1) is 0 Å². The highest BCUT2D eigenvalue weighted by molar-refractivity contribution is 5.46. The number of benzene rings is 1. The second-order valence-corrected chi connectivity index (χ2v) is 4.32. The van der Waals surface area contributed by atoms with Crippen LogP contribution in [0.15, 0.2) is 24.3 Å². The van der Waals surface area contributed by atoms with Crippen LogP contribution in [0.2, 0.25) is 0 Å². The monoisotopic (exact) mass is 221 g/mol. The fourth-order valence-electron chi connectivity index (χ4n) is 1.88. The predicted molar refractivity (Wildman–Crippen MR) is 70.0 cm³/mol. The zero-order valence-electron chi connectivity index (χ0n) is 10.4. The number of hydrogen-bond donors (Lipinski definition) is 2. The van der Waals surface area contributed by atoms with E-state index in [0.717, 1.165) is 5.69 Å². The standard InChI is InChI=1S/C14H23NO/c1-3-5-7-12(6-4-2)15-13-8-10-14(16)11-9-13/h8-12,15-16H,3-7H2,1-2H3. The maximum Gasteiger partial charge on any atom is 0.115 e. The van der Waals surface area contributed by atoms with E-state index < -0.39 is 0 Å². The summed E-state index contributed by atoms with van der Waals surface area (Å²) >= 11 is 0. The van der Waals surface area contributed by atoms with E-state index in [-0.39, 0.29) is 0 Å². The summed E-state index contributed by atoms with van der Waals surface area (Å²) in [6.07, 6.45) is 6.17. The summed E-state index contributed by atoms with van der Waals surface area (Å²) in [4.78, 5) is 0. The van der Waals surface area contributed by atoms with Crippen LogP contribution in [0.5, 0.6) is 5.75 Å². The second kappa shape index (κ2) is 7.15. The minimum absolute atomic E-state index is 0.325. The van der Waals surface area contributed by atoms with E-state index in [1.807, 2.05) is 12.1 Å². The second-order valence-electron chi connectivity index (χ2n) is 4.32. The molecule has 0 spiro atoms. The summed E-state index contributed by atoms with van der Waals surface area (Å²) in [6, 6.07) is 7.89. The van der Waals surface area contributed by atoms with Gasteiger partial charge in [-0.15, -0.1) is 0 Å². The predicted octanol–water partition coefficient (Wildman–Crippen LogP) is 4.16. The van der Waals surface area contributed by atoms with Gasteiger partial charge in [-0.25, -0.2) is 0 Å². The van der Waals surface area contributed by atoms with E-state index in [1.54, 1.807) is 12.1 Å². The molecule has 0 aliphatic carbocycles. The number of nitrogens with one attached hydrogen (secondary N) is 1. The maximum absolute atomic E-state index is 9.21. The first-order valence-corrected chi connectivity index (χ1v) is 6.31. The topological polar surface area (TPSA) is 32.3 Å². The third kappa shape index (κ3) is 4.56. The van der Waals surface area contributed by atoms with Crippen molar-refractivity contribution < 1.29 is 5.11 Å². The number of unbranched alkanes of at least 4 members (excludes halogenated alkanes) is 1. The van der Waals surface area contributed by atoms with Crippen LogP contribution in [-0.4, -0.2) is 11.1 Å². The van der Waals surface area contributed by atoms with Crippen LogP contribution in [0.3, 0.4) is 0 Å². The van der Waals surface area contributed by atoms with Gasteiger partial charge in [0.25, 0.3) is 0 Å². The van der Waals surface area contributed by atoms with Gasteiger partial charge < -0.3 is 10.4 Å². The lowest BCUT2D eigenvalue weighted by Gasteiger charge is -2.19. The molecule has 1 rings (SSSR count). The minimum Gasteiger partial charge on any atom is -0.508 e. The third-order valence-electron chi connectivity index (χ3n) is 2.78. The van der Waals surface area contributed by atoms with Gasteiger partial charge in [0.15, 0.2) is 0 Å². The van der Waals surface area contributed by atoms with E-state index in [2.05, 4.69) is 19.2 Å². The Morgan fingerprint density at radius 2 is 1.75 bits per heavy atom. The Labute approximate surface area is 98.7 Å². The normalized spacial score (nSPS) is 12.4. The van der Waals surface area contributed by atoms with E-state index >= 15 is 0 Å². The van der Waals surface area contributed by atoms with Gasteiger partial charge in [0, 0.05) is 11.7 Å². The summed E-state index contributed by atoms with van der Waals surface area (Å²) in [5.41, 5.74) is 1.10. The Kier molecular flexibility index (Phi) is 5.76. The molecule has 0 aromatic heterocycles. The number of rotatable bonds is 7. The average molecular weight is 221 g/mol. The Bertz CT molecular complexity index is 281. The zero-order valence-corrected chi connectivity index (χ0v) is 10.4. The summed E-state index contributed by atoms with van der Waals surface area (Å²) in [7, 11) is 0. The van der Waals surface area contributed by atoms with Crippen molar-refractivity contribution in [3.63, 3.8) is 0 Å². The highest BCUT2D eigenvalue weighted by atomic mass is 16.3. The van der Waals surface area contributed by atoms with Crippen molar-refractivity contribution in [2.75, 3.05) is 5.32 Å². The lowest BCUT2D eigenvalue weighted by molar-refractivity contribution is 0.475. The molecule has 0 fully saturated rings. The molecule has 0 heterocycles. The molecule has 0 aliphatic heterocycles. The van der Waals surface area contributed by atoms with E-state index in [4.69, 9.17) is 0 Å². The molecular formula is C14H23NO. The van der Waals surface area contributed by atoms with Crippen molar-refractivity contribution in [1.82, 2.24) is 0 Å². The zero-order chi connectivity index (χ0) is 11.8. The summed E-state index contributed by atoms with van der Waals surface area (Å²) in [5.74, 6) is 0.325. The van der Waals surface area contributed by atoms with Crippen LogP contribution in [0.1, 0.15) is 46.0 Å². The van der Waals surface area contributed by atoms with Gasteiger partial charge in [-0.1, -0.05) is 33.1 Å². The lowest BCUT2D eigenvalue weighted by Crippen LogP contribution is -2.18. The maximum atomic E-state index is 9.21. The van der Waals surface area contributed by atoms with Crippen molar-refractivity contribution in [1.29, 1.82) is 0 Å². The number of anilines is 1. The van der Waals surface area contributed by atoms with Gasteiger partial charge >= 0.3 is 0 Å². The first-order valence-electron chi connectivity index (χ1n) is 6.31. The molecular weight excluding hydrogens is 198 g/mol. The molecule has 2 heteroatoms. The third-order valence-corrected chi connectivity index (χ3v) is 2.78. The van der Waals surface area contributed by atoms with Crippen molar-refractivity contribution in [3.8, 4) is 5.75 Å². The van der Waals surface area contributed by atoms with Crippen LogP contribution in [0.25, 0.3) is 0 Å². The smallest absolute Gasteiger partial charge is 0.115 e. The van der Waals surface area contributed by atoms with Crippen LogP contribution < -0.4 is 5.32 Å². The van der Waals surface area contributed by atoms with Crippen molar-refractivity contribution in [2.45, 2.75) is 52.0 Å². The molecule has 0 saturated carbocycles. The molecule has 1 atom stereocenters. The molecule has 0 radical (unpaired) electrons. The first-order chi connectivity index (χ1) is 7.76. The van der Waals surface area contributed by atoms with Gasteiger partial charge in [0.2, 0.25) is 0 Å². The summed E-state index contributed by atoms with van der Waals surface area (Å²) < 4.78 is 0. The molecule has 2 N–H and O–H groups in total. The highest BCUT2D eigenvalue weighted by Gasteiger charge is 2.06. The SMILES string of the molecule is CCCCC(CCC)Nc1ccc(O)cc1. The fourth-order valence-corrected chi connectivity index (χ4v) is 1.88. The molecule has 1 unspecified atom stereocenters. The van der Waals surface area contributed by atoms with Gasteiger partial charge in [-0.2, -0.15) is 0 Å². The van der Waals surface area contributed by atoms with Crippen molar-refractivity contribution >= 4 is 5.69 Å². The molecule has 90 valence electrons. The van der Waals surface area contributed by atoms with E-state index in [1.165, 1.54) is 32.1 Å². The molecule has 2 nitrogen and oxygen atoms in total. The molecule has 0 bridgehead atoms. The number of phenols is 1. The highest BCUT2D eigenvalue weighted by Crippen LogP contribution is 2.18. The molecule has 0 amide bonds. The minimum atomic E-state index is 0.325.